The second-order valence-electron chi connectivity index (χ2n) is 6.52. The number of nitrogens with zero attached hydrogens (tertiary/aromatic N) is 6. The number of amides is 1. The van der Waals surface area contributed by atoms with Crippen molar-refractivity contribution in [3.63, 3.8) is 0 Å². The highest BCUT2D eigenvalue weighted by Gasteiger charge is 2.19. The Morgan fingerprint density at radius 2 is 2.07 bits per heavy atom. The summed E-state index contributed by atoms with van der Waals surface area (Å²) in [6.45, 7) is 4.78. The number of rotatable bonds is 5. The second kappa shape index (κ2) is 8.54. The lowest BCUT2D eigenvalue weighted by molar-refractivity contribution is 0.0945. The number of halogens is 1. The van der Waals surface area contributed by atoms with Crippen LogP contribution in [0, 0.1) is 6.92 Å². The number of carbonyl (C=O) groups excluding carboxylic acids is 1. The largest absolute Gasteiger partial charge is 0.378 e. The first kappa shape index (κ1) is 19.3. The Morgan fingerprint density at radius 1 is 1.24 bits per heavy atom. The van der Waals surface area contributed by atoms with E-state index in [0.717, 1.165) is 17.2 Å². The monoisotopic (exact) mass is 413 g/mol. The molecule has 1 fully saturated rings. The molecule has 1 aliphatic heterocycles. The first-order valence-corrected chi connectivity index (χ1v) is 9.58. The molecular formula is C19H20ClN7O2. The molecule has 0 radical (unpaired) electrons. The van der Waals surface area contributed by atoms with Gasteiger partial charge >= 0.3 is 0 Å². The van der Waals surface area contributed by atoms with Crippen molar-refractivity contribution in [2.75, 3.05) is 31.2 Å². The first-order valence-electron chi connectivity index (χ1n) is 9.20. The van der Waals surface area contributed by atoms with Gasteiger partial charge in [-0.3, -0.25) is 9.36 Å². The van der Waals surface area contributed by atoms with E-state index >= 15 is 0 Å². The molecular weight excluding hydrogens is 394 g/mol. The molecule has 10 heteroatoms. The van der Waals surface area contributed by atoms with Crippen LogP contribution in [-0.2, 0) is 11.3 Å². The third kappa shape index (κ3) is 4.36. The van der Waals surface area contributed by atoms with E-state index in [4.69, 9.17) is 16.3 Å². The van der Waals surface area contributed by atoms with E-state index < -0.39 is 0 Å². The highest BCUT2D eigenvalue weighted by Crippen LogP contribution is 2.18. The summed E-state index contributed by atoms with van der Waals surface area (Å²) in [7, 11) is 0. The molecule has 9 nitrogen and oxygen atoms in total. The summed E-state index contributed by atoms with van der Waals surface area (Å²) in [5, 5.41) is 3.08. The van der Waals surface area contributed by atoms with Crippen molar-refractivity contribution in [1.29, 1.82) is 0 Å². The summed E-state index contributed by atoms with van der Waals surface area (Å²) in [6.07, 6.45) is 6.72. The van der Waals surface area contributed by atoms with Crippen molar-refractivity contribution in [2.45, 2.75) is 13.5 Å². The summed E-state index contributed by atoms with van der Waals surface area (Å²) in [5.41, 5.74) is 1.05. The van der Waals surface area contributed by atoms with Crippen LogP contribution in [0.1, 0.15) is 21.9 Å². The molecule has 1 amide bonds. The zero-order valence-corrected chi connectivity index (χ0v) is 16.6. The Hall–Kier alpha value is -3.04. The SMILES string of the molecule is Cc1nccn1-c1cc(CNC(=O)c2nc(N3CCOCC3)ncc2Cl)ccn1. The number of ether oxygens (including phenoxy) is 1. The molecule has 0 aliphatic carbocycles. The summed E-state index contributed by atoms with van der Waals surface area (Å²) in [4.78, 5) is 31.8. The van der Waals surface area contributed by atoms with Crippen molar-refractivity contribution in [3.8, 4) is 5.82 Å². The Labute approximate surface area is 172 Å². The molecule has 0 atom stereocenters. The molecule has 4 rings (SSSR count). The average molecular weight is 414 g/mol. The number of imidazole rings is 1. The number of aromatic nitrogens is 5. The topological polar surface area (TPSA) is 98.1 Å². The smallest absolute Gasteiger partial charge is 0.271 e. The van der Waals surface area contributed by atoms with Crippen molar-refractivity contribution >= 4 is 23.5 Å². The first-order chi connectivity index (χ1) is 14.1. The fourth-order valence-corrected chi connectivity index (χ4v) is 3.20. The molecule has 0 spiro atoms. The van der Waals surface area contributed by atoms with Crippen molar-refractivity contribution in [3.05, 3.63) is 59.0 Å². The van der Waals surface area contributed by atoms with Gasteiger partial charge in [0, 0.05) is 38.2 Å². The number of nitrogens with one attached hydrogen (secondary N) is 1. The van der Waals surface area contributed by atoms with Gasteiger partial charge in [-0.1, -0.05) is 11.6 Å². The van der Waals surface area contributed by atoms with Crippen LogP contribution < -0.4 is 10.2 Å². The van der Waals surface area contributed by atoms with Crippen LogP contribution in [0.4, 0.5) is 5.95 Å². The van der Waals surface area contributed by atoms with E-state index in [2.05, 4.69) is 25.3 Å². The third-order valence-corrected chi connectivity index (χ3v) is 4.85. The molecule has 1 aliphatic rings. The Bertz CT molecular complexity index is 1020. The van der Waals surface area contributed by atoms with Gasteiger partial charge in [0.05, 0.1) is 24.4 Å². The maximum Gasteiger partial charge on any atom is 0.271 e. The minimum atomic E-state index is -0.357. The Kier molecular flexibility index (Phi) is 5.68. The van der Waals surface area contributed by atoms with Crippen molar-refractivity contribution in [1.82, 2.24) is 29.8 Å². The summed E-state index contributed by atoms with van der Waals surface area (Å²) in [5.74, 6) is 1.69. The molecule has 3 aromatic rings. The molecule has 150 valence electrons. The van der Waals surface area contributed by atoms with Gasteiger partial charge in [-0.25, -0.2) is 19.9 Å². The highest BCUT2D eigenvalue weighted by molar-refractivity contribution is 6.33. The number of carbonyl (C=O) groups is 1. The van der Waals surface area contributed by atoms with Crippen LogP contribution in [0.15, 0.2) is 36.9 Å². The van der Waals surface area contributed by atoms with Crippen LogP contribution in [0.3, 0.4) is 0 Å². The molecule has 0 unspecified atom stereocenters. The molecule has 0 bridgehead atoms. The maximum absolute atomic E-state index is 12.7. The summed E-state index contributed by atoms with van der Waals surface area (Å²) >= 11 is 6.17. The number of morpholine rings is 1. The fraction of sp³-hybridized carbons (Fsp3) is 0.316. The van der Waals surface area contributed by atoms with Gasteiger partial charge in [-0.2, -0.15) is 0 Å². The van der Waals surface area contributed by atoms with E-state index in [0.29, 0.717) is 38.8 Å². The van der Waals surface area contributed by atoms with Gasteiger partial charge in [0.15, 0.2) is 5.69 Å². The molecule has 3 aromatic heterocycles. The van der Waals surface area contributed by atoms with Gasteiger partial charge in [0.1, 0.15) is 11.6 Å². The normalized spacial score (nSPS) is 14.1. The van der Waals surface area contributed by atoms with E-state index in [1.54, 1.807) is 12.4 Å². The molecule has 4 heterocycles. The Balaban J connectivity index is 1.47. The minimum Gasteiger partial charge on any atom is -0.378 e. The lowest BCUT2D eigenvalue weighted by atomic mass is 10.2. The molecule has 1 N–H and O–H groups in total. The van der Waals surface area contributed by atoms with Gasteiger partial charge in [-0.05, 0) is 24.6 Å². The number of hydrogen-bond donors (Lipinski definition) is 1. The van der Waals surface area contributed by atoms with E-state index in [9.17, 15) is 4.79 Å². The van der Waals surface area contributed by atoms with Gasteiger partial charge in [-0.15, -0.1) is 0 Å². The summed E-state index contributed by atoms with van der Waals surface area (Å²) < 4.78 is 7.22. The van der Waals surface area contributed by atoms with Crippen LogP contribution in [0.2, 0.25) is 5.02 Å². The number of anilines is 1. The standard InChI is InChI=1S/C19H20ClN7O2/c1-13-21-4-5-27(13)16-10-14(2-3-22-16)11-23-18(28)17-15(20)12-24-19(25-17)26-6-8-29-9-7-26/h2-5,10,12H,6-9,11H2,1H3,(H,23,28). The predicted molar refractivity (Wildman–Crippen MR) is 107 cm³/mol. The molecule has 0 aromatic carbocycles. The van der Waals surface area contributed by atoms with Crippen LogP contribution in [0.5, 0.6) is 0 Å². The predicted octanol–water partition coefficient (Wildman–Crippen LogP) is 1.79. The van der Waals surface area contributed by atoms with Crippen molar-refractivity contribution in [2.24, 2.45) is 0 Å². The highest BCUT2D eigenvalue weighted by atomic mass is 35.5. The van der Waals surface area contributed by atoms with Crippen LogP contribution in [0.25, 0.3) is 5.82 Å². The Morgan fingerprint density at radius 3 is 2.83 bits per heavy atom. The van der Waals surface area contributed by atoms with E-state index in [1.807, 2.05) is 34.7 Å². The molecule has 0 saturated carbocycles. The third-order valence-electron chi connectivity index (χ3n) is 4.58. The lowest BCUT2D eigenvalue weighted by Gasteiger charge is -2.26. The molecule has 29 heavy (non-hydrogen) atoms. The van der Waals surface area contributed by atoms with Gasteiger partial charge in [0.2, 0.25) is 5.95 Å². The number of pyridine rings is 1. The number of aryl methyl sites for hydroxylation is 1. The average Bonchev–Trinajstić information content (AvgIpc) is 3.19. The second-order valence-corrected chi connectivity index (χ2v) is 6.92. The zero-order chi connectivity index (χ0) is 20.2. The number of hydrogen-bond acceptors (Lipinski definition) is 7. The lowest BCUT2D eigenvalue weighted by Crippen LogP contribution is -2.37. The van der Waals surface area contributed by atoms with Crippen LogP contribution >= 0.6 is 11.6 Å². The van der Waals surface area contributed by atoms with Gasteiger partial charge in [0.25, 0.3) is 5.91 Å². The summed E-state index contributed by atoms with van der Waals surface area (Å²) in [6, 6.07) is 3.74. The van der Waals surface area contributed by atoms with Crippen LogP contribution in [-0.4, -0.2) is 56.7 Å². The van der Waals surface area contributed by atoms with Gasteiger partial charge < -0.3 is 15.0 Å². The fourth-order valence-electron chi connectivity index (χ4n) is 3.02. The quantitative estimate of drug-likeness (QED) is 0.680. The molecule has 1 saturated heterocycles. The maximum atomic E-state index is 12.7. The van der Waals surface area contributed by atoms with Crippen molar-refractivity contribution < 1.29 is 9.53 Å². The minimum absolute atomic E-state index is 0.155. The van der Waals surface area contributed by atoms with E-state index in [-0.39, 0.29) is 16.6 Å². The zero-order valence-electron chi connectivity index (χ0n) is 15.9. The van der Waals surface area contributed by atoms with E-state index in [1.165, 1.54) is 6.20 Å².